The van der Waals surface area contributed by atoms with E-state index in [-0.39, 0.29) is 11.8 Å². The first kappa shape index (κ1) is 19.6. The lowest BCUT2D eigenvalue weighted by molar-refractivity contribution is -0.117. The van der Waals surface area contributed by atoms with Crippen molar-refractivity contribution < 1.29 is 14.3 Å². The maximum absolute atomic E-state index is 12.4. The van der Waals surface area contributed by atoms with Crippen LogP contribution in [-0.2, 0) is 17.9 Å². The van der Waals surface area contributed by atoms with Crippen molar-refractivity contribution >= 4 is 17.5 Å². The summed E-state index contributed by atoms with van der Waals surface area (Å²) in [6.07, 6.45) is 3.22. The number of nitrogens with zero attached hydrogens (tertiary/aromatic N) is 2. The lowest BCUT2D eigenvalue weighted by atomic mass is 10.1. The second-order valence-corrected chi connectivity index (χ2v) is 7.13. The Bertz CT molecular complexity index is 1000. The van der Waals surface area contributed by atoms with E-state index in [9.17, 15) is 9.59 Å². The highest BCUT2D eigenvalue weighted by Crippen LogP contribution is 2.21. The number of amides is 2. The Morgan fingerprint density at radius 1 is 1.03 bits per heavy atom. The molecule has 0 saturated carbocycles. The first-order valence-corrected chi connectivity index (χ1v) is 9.99. The number of ether oxygens (including phenoxy) is 1. The standard InChI is InChI=1S/C24H23N3O3/c28-23-5-3-15-27(23)21-10-8-19(9-11-21)24(29)26-16-18-6-12-22(13-7-18)30-17-20-4-1-2-14-25-20/h1-2,4,6-14H,3,5,15-17H2,(H,26,29). The topological polar surface area (TPSA) is 71.5 Å². The van der Waals surface area contributed by atoms with Crippen LogP contribution >= 0.6 is 0 Å². The molecule has 1 aliphatic rings. The van der Waals surface area contributed by atoms with Crippen molar-refractivity contribution in [2.24, 2.45) is 0 Å². The van der Waals surface area contributed by atoms with Crippen molar-refractivity contribution in [3.63, 3.8) is 0 Å². The molecule has 1 saturated heterocycles. The van der Waals surface area contributed by atoms with E-state index in [2.05, 4.69) is 10.3 Å². The molecule has 6 nitrogen and oxygen atoms in total. The van der Waals surface area contributed by atoms with E-state index < -0.39 is 0 Å². The van der Waals surface area contributed by atoms with E-state index >= 15 is 0 Å². The van der Waals surface area contributed by atoms with E-state index in [0.717, 1.165) is 35.7 Å². The predicted octanol–water partition coefficient (Wildman–Crippen LogP) is 3.72. The van der Waals surface area contributed by atoms with Crippen LogP contribution in [0.1, 0.15) is 34.5 Å². The molecule has 0 bridgehead atoms. The Morgan fingerprint density at radius 2 is 1.83 bits per heavy atom. The van der Waals surface area contributed by atoms with Gasteiger partial charge in [-0.15, -0.1) is 0 Å². The molecule has 2 amide bonds. The monoisotopic (exact) mass is 401 g/mol. The molecule has 0 atom stereocenters. The van der Waals surface area contributed by atoms with Gasteiger partial charge in [0.2, 0.25) is 5.91 Å². The summed E-state index contributed by atoms with van der Waals surface area (Å²) in [5.41, 5.74) is 3.26. The minimum absolute atomic E-state index is 0.139. The average Bonchev–Trinajstić information content (AvgIpc) is 3.23. The van der Waals surface area contributed by atoms with Gasteiger partial charge in [0.15, 0.2) is 0 Å². The van der Waals surface area contributed by atoms with Crippen molar-refractivity contribution in [2.45, 2.75) is 26.0 Å². The summed E-state index contributed by atoms with van der Waals surface area (Å²) in [5, 5.41) is 2.92. The van der Waals surface area contributed by atoms with Gasteiger partial charge in [0, 0.05) is 37.0 Å². The highest BCUT2D eigenvalue weighted by Gasteiger charge is 2.21. The van der Waals surface area contributed by atoms with Gasteiger partial charge in [0.25, 0.3) is 5.91 Å². The normalized spacial score (nSPS) is 13.3. The van der Waals surface area contributed by atoms with Crippen LogP contribution in [-0.4, -0.2) is 23.3 Å². The quantitative estimate of drug-likeness (QED) is 0.655. The molecular formula is C24H23N3O3. The summed E-state index contributed by atoms with van der Waals surface area (Å²) in [6.45, 7) is 1.58. The SMILES string of the molecule is O=C(NCc1ccc(OCc2ccccn2)cc1)c1ccc(N2CCCC2=O)cc1. The van der Waals surface area contributed by atoms with E-state index in [4.69, 9.17) is 4.74 Å². The molecule has 2 heterocycles. The van der Waals surface area contributed by atoms with Crippen LogP contribution in [0, 0.1) is 0 Å². The van der Waals surface area contributed by atoms with Gasteiger partial charge in [-0.2, -0.15) is 0 Å². The maximum atomic E-state index is 12.4. The van der Waals surface area contributed by atoms with Crippen LogP contribution < -0.4 is 15.0 Å². The zero-order valence-electron chi connectivity index (χ0n) is 16.6. The predicted molar refractivity (Wildman–Crippen MR) is 114 cm³/mol. The molecule has 4 rings (SSSR count). The number of pyridine rings is 1. The number of nitrogens with one attached hydrogen (secondary N) is 1. The minimum Gasteiger partial charge on any atom is -0.487 e. The molecule has 152 valence electrons. The third-order valence-electron chi connectivity index (χ3n) is 5.00. The van der Waals surface area contributed by atoms with Crippen molar-refractivity contribution in [3.8, 4) is 5.75 Å². The number of carbonyl (C=O) groups excluding carboxylic acids is 2. The molecule has 0 radical (unpaired) electrons. The average molecular weight is 401 g/mol. The number of hydrogen-bond acceptors (Lipinski definition) is 4. The maximum Gasteiger partial charge on any atom is 0.251 e. The first-order chi connectivity index (χ1) is 14.7. The molecule has 0 spiro atoms. The van der Waals surface area contributed by atoms with Gasteiger partial charge in [-0.3, -0.25) is 14.6 Å². The Morgan fingerprint density at radius 3 is 2.50 bits per heavy atom. The van der Waals surface area contributed by atoms with Crippen molar-refractivity contribution in [1.29, 1.82) is 0 Å². The van der Waals surface area contributed by atoms with Crippen LogP contribution in [0.25, 0.3) is 0 Å². The summed E-state index contributed by atoms with van der Waals surface area (Å²) in [4.78, 5) is 30.2. The van der Waals surface area contributed by atoms with Gasteiger partial charge >= 0.3 is 0 Å². The van der Waals surface area contributed by atoms with Crippen molar-refractivity contribution in [3.05, 3.63) is 89.7 Å². The molecule has 1 N–H and O–H groups in total. The zero-order chi connectivity index (χ0) is 20.8. The molecule has 30 heavy (non-hydrogen) atoms. The Labute approximate surface area is 175 Å². The second-order valence-electron chi connectivity index (χ2n) is 7.13. The van der Waals surface area contributed by atoms with E-state index in [1.807, 2.05) is 54.6 Å². The third-order valence-corrected chi connectivity index (χ3v) is 5.00. The second kappa shape index (κ2) is 9.22. The van der Waals surface area contributed by atoms with Crippen LogP contribution in [0.15, 0.2) is 72.9 Å². The Kier molecular flexibility index (Phi) is 6.03. The van der Waals surface area contributed by atoms with Crippen LogP contribution in [0.2, 0.25) is 0 Å². The fourth-order valence-electron chi connectivity index (χ4n) is 3.34. The molecule has 1 fully saturated rings. The summed E-state index contributed by atoms with van der Waals surface area (Å²) >= 11 is 0. The molecule has 0 unspecified atom stereocenters. The molecule has 0 aliphatic carbocycles. The molecule has 2 aromatic carbocycles. The molecule has 3 aromatic rings. The summed E-state index contributed by atoms with van der Waals surface area (Å²) in [6, 6.07) is 20.5. The third kappa shape index (κ3) is 4.84. The largest absolute Gasteiger partial charge is 0.487 e. The number of benzene rings is 2. The minimum atomic E-state index is -0.148. The van der Waals surface area contributed by atoms with Crippen LogP contribution in [0.4, 0.5) is 5.69 Å². The number of aromatic nitrogens is 1. The highest BCUT2D eigenvalue weighted by atomic mass is 16.5. The molecule has 1 aromatic heterocycles. The van der Waals surface area contributed by atoms with Gasteiger partial charge in [-0.05, 0) is 60.5 Å². The smallest absolute Gasteiger partial charge is 0.251 e. The highest BCUT2D eigenvalue weighted by molar-refractivity contribution is 5.97. The summed E-state index contributed by atoms with van der Waals surface area (Å²) in [7, 11) is 0. The zero-order valence-corrected chi connectivity index (χ0v) is 16.6. The van der Waals surface area contributed by atoms with Crippen LogP contribution in [0.5, 0.6) is 5.75 Å². The van der Waals surface area contributed by atoms with Crippen molar-refractivity contribution in [1.82, 2.24) is 10.3 Å². The van der Waals surface area contributed by atoms with E-state index in [1.54, 1.807) is 23.2 Å². The van der Waals surface area contributed by atoms with Gasteiger partial charge in [-0.25, -0.2) is 0 Å². The molecule has 1 aliphatic heterocycles. The first-order valence-electron chi connectivity index (χ1n) is 9.99. The molecular weight excluding hydrogens is 378 g/mol. The summed E-state index contributed by atoms with van der Waals surface area (Å²) < 4.78 is 5.73. The number of rotatable bonds is 7. The fourth-order valence-corrected chi connectivity index (χ4v) is 3.34. The van der Waals surface area contributed by atoms with Gasteiger partial charge in [0.1, 0.15) is 12.4 Å². The van der Waals surface area contributed by atoms with Gasteiger partial charge < -0.3 is 15.0 Å². The fraction of sp³-hybridized carbons (Fsp3) is 0.208. The van der Waals surface area contributed by atoms with Crippen molar-refractivity contribution in [2.75, 3.05) is 11.4 Å². The number of anilines is 1. The van der Waals surface area contributed by atoms with E-state index in [0.29, 0.717) is 25.1 Å². The number of hydrogen-bond donors (Lipinski definition) is 1. The van der Waals surface area contributed by atoms with Gasteiger partial charge in [-0.1, -0.05) is 18.2 Å². The van der Waals surface area contributed by atoms with E-state index in [1.165, 1.54) is 0 Å². The summed E-state index contributed by atoms with van der Waals surface area (Å²) in [5.74, 6) is 0.743. The lowest BCUT2D eigenvalue weighted by Gasteiger charge is -2.15. The Hall–Kier alpha value is -3.67. The van der Waals surface area contributed by atoms with Crippen LogP contribution in [0.3, 0.4) is 0 Å². The number of carbonyl (C=O) groups is 2. The Balaban J connectivity index is 1.27. The molecule has 6 heteroatoms. The lowest BCUT2D eigenvalue weighted by Crippen LogP contribution is -2.24. The van der Waals surface area contributed by atoms with Gasteiger partial charge in [0.05, 0.1) is 5.69 Å².